The number of anilines is 2. The van der Waals surface area contributed by atoms with Gasteiger partial charge in [0.25, 0.3) is 0 Å². The van der Waals surface area contributed by atoms with Crippen molar-refractivity contribution in [3.63, 3.8) is 0 Å². The van der Waals surface area contributed by atoms with Crippen molar-refractivity contribution in [2.24, 2.45) is 0 Å². The van der Waals surface area contributed by atoms with Crippen LogP contribution < -0.4 is 10.6 Å². The summed E-state index contributed by atoms with van der Waals surface area (Å²) in [4.78, 5) is 12.0. The SMILES string of the molecule is Cc1ccc(C)c(NC(=O)CNc2ccc(Cl)cc2Cl)c1. The van der Waals surface area contributed by atoms with Crippen molar-refractivity contribution in [1.82, 2.24) is 0 Å². The third kappa shape index (κ3) is 4.38. The first kappa shape index (κ1) is 15.7. The molecule has 21 heavy (non-hydrogen) atoms. The number of rotatable bonds is 4. The molecular formula is C16H16Cl2N2O. The maximum Gasteiger partial charge on any atom is 0.243 e. The van der Waals surface area contributed by atoms with Crippen LogP contribution in [0, 0.1) is 13.8 Å². The number of benzene rings is 2. The number of aryl methyl sites for hydroxylation is 2. The molecule has 0 aliphatic carbocycles. The Kier molecular flexibility index (Phi) is 5.10. The summed E-state index contributed by atoms with van der Waals surface area (Å²) in [6.45, 7) is 4.08. The van der Waals surface area contributed by atoms with E-state index in [1.54, 1.807) is 18.2 Å². The number of hydrogen-bond acceptors (Lipinski definition) is 2. The number of carbonyl (C=O) groups excluding carboxylic acids is 1. The van der Waals surface area contributed by atoms with E-state index in [2.05, 4.69) is 10.6 Å². The second-order valence-electron chi connectivity index (χ2n) is 4.84. The Morgan fingerprint density at radius 3 is 2.52 bits per heavy atom. The van der Waals surface area contributed by atoms with Crippen molar-refractivity contribution in [3.8, 4) is 0 Å². The van der Waals surface area contributed by atoms with Crippen LogP contribution in [0.1, 0.15) is 11.1 Å². The lowest BCUT2D eigenvalue weighted by molar-refractivity contribution is -0.114. The summed E-state index contributed by atoms with van der Waals surface area (Å²) in [6, 6.07) is 11.0. The van der Waals surface area contributed by atoms with Gasteiger partial charge in [-0.3, -0.25) is 4.79 Å². The highest BCUT2D eigenvalue weighted by Gasteiger charge is 2.07. The van der Waals surface area contributed by atoms with Gasteiger partial charge in [0, 0.05) is 10.7 Å². The highest BCUT2D eigenvalue weighted by atomic mass is 35.5. The molecule has 3 nitrogen and oxygen atoms in total. The molecule has 5 heteroatoms. The minimum absolute atomic E-state index is 0.130. The third-order valence-electron chi connectivity index (χ3n) is 3.04. The van der Waals surface area contributed by atoms with Crippen LogP contribution >= 0.6 is 23.2 Å². The monoisotopic (exact) mass is 322 g/mol. The van der Waals surface area contributed by atoms with Gasteiger partial charge in [0.1, 0.15) is 0 Å². The van der Waals surface area contributed by atoms with E-state index in [0.29, 0.717) is 15.7 Å². The average Bonchev–Trinajstić information content (AvgIpc) is 2.42. The van der Waals surface area contributed by atoms with Crippen LogP contribution in [0.25, 0.3) is 0 Å². The highest BCUT2D eigenvalue weighted by Crippen LogP contribution is 2.25. The first-order valence-electron chi connectivity index (χ1n) is 6.52. The smallest absolute Gasteiger partial charge is 0.243 e. The first-order chi connectivity index (χ1) is 9.95. The molecule has 1 amide bonds. The largest absolute Gasteiger partial charge is 0.375 e. The lowest BCUT2D eigenvalue weighted by atomic mass is 10.1. The fraction of sp³-hybridized carbons (Fsp3) is 0.188. The van der Waals surface area contributed by atoms with Crippen LogP contribution in [0.3, 0.4) is 0 Å². The second kappa shape index (κ2) is 6.83. The standard InChI is InChI=1S/C16H16Cl2N2O/c1-10-3-4-11(2)15(7-10)20-16(21)9-19-14-6-5-12(17)8-13(14)18/h3-8,19H,9H2,1-2H3,(H,20,21). The molecule has 0 heterocycles. The summed E-state index contributed by atoms with van der Waals surface area (Å²) >= 11 is 11.9. The van der Waals surface area contributed by atoms with Gasteiger partial charge in [-0.1, -0.05) is 35.3 Å². The summed E-state index contributed by atoms with van der Waals surface area (Å²) in [6.07, 6.45) is 0. The predicted molar refractivity (Wildman–Crippen MR) is 89.5 cm³/mol. The molecular weight excluding hydrogens is 307 g/mol. The molecule has 0 aromatic heterocycles. The van der Waals surface area contributed by atoms with Crippen LogP contribution in [0.2, 0.25) is 10.0 Å². The van der Waals surface area contributed by atoms with Gasteiger partial charge in [-0.15, -0.1) is 0 Å². The summed E-state index contributed by atoms with van der Waals surface area (Å²) < 4.78 is 0. The zero-order valence-corrected chi connectivity index (χ0v) is 13.3. The Morgan fingerprint density at radius 1 is 1.05 bits per heavy atom. The van der Waals surface area contributed by atoms with Gasteiger partial charge in [0.15, 0.2) is 0 Å². The van der Waals surface area contributed by atoms with Crippen LogP contribution in [0.5, 0.6) is 0 Å². The predicted octanol–water partition coefficient (Wildman–Crippen LogP) is 4.66. The van der Waals surface area contributed by atoms with Crippen LogP contribution in [0.4, 0.5) is 11.4 Å². The number of amides is 1. The van der Waals surface area contributed by atoms with Crippen molar-refractivity contribution < 1.29 is 4.79 Å². The molecule has 0 unspecified atom stereocenters. The lowest BCUT2D eigenvalue weighted by Crippen LogP contribution is -2.22. The van der Waals surface area contributed by atoms with Gasteiger partial charge in [0.05, 0.1) is 17.3 Å². The molecule has 2 aromatic carbocycles. The minimum Gasteiger partial charge on any atom is -0.375 e. The van der Waals surface area contributed by atoms with Crippen molar-refractivity contribution in [3.05, 3.63) is 57.6 Å². The van der Waals surface area contributed by atoms with Crippen molar-refractivity contribution in [2.75, 3.05) is 17.2 Å². The zero-order chi connectivity index (χ0) is 15.4. The number of hydrogen-bond donors (Lipinski definition) is 2. The van der Waals surface area contributed by atoms with E-state index >= 15 is 0 Å². The molecule has 0 fully saturated rings. The van der Waals surface area contributed by atoms with Gasteiger partial charge < -0.3 is 10.6 Å². The van der Waals surface area contributed by atoms with Gasteiger partial charge in [-0.2, -0.15) is 0 Å². The molecule has 0 radical (unpaired) electrons. The van der Waals surface area contributed by atoms with Gasteiger partial charge >= 0.3 is 0 Å². The third-order valence-corrected chi connectivity index (χ3v) is 3.59. The van der Waals surface area contributed by atoms with Crippen molar-refractivity contribution in [1.29, 1.82) is 0 Å². The summed E-state index contributed by atoms with van der Waals surface area (Å²) in [7, 11) is 0. The second-order valence-corrected chi connectivity index (χ2v) is 5.69. The quantitative estimate of drug-likeness (QED) is 0.859. The van der Waals surface area contributed by atoms with Gasteiger partial charge in [-0.05, 0) is 49.2 Å². The minimum atomic E-state index is -0.130. The molecule has 2 N–H and O–H groups in total. The van der Waals surface area contributed by atoms with E-state index in [4.69, 9.17) is 23.2 Å². The topological polar surface area (TPSA) is 41.1 Å². The van der Waals surface area contributed by atoms with Crippen LogP contribution in [-0.2, 0) is 4.79 Å². The molecule has 110 valence electrons. The molecule has 0 spiro atoms. The molecule has 0 bridgehead atoms. The fourth-order valence-electron chi connectivity index (χ4n) is 1.87. The van der Waals surface area contributed by atoms with E-state index in [1.165, 1.54) is 0 Å². The van der Waals surface area contributed by atoms with Crippen molar-refractivity contribution >= 4 is 40.5 Å². The number of halogens is 2. The van der Waals surface area contributed by atoms with E-state index in [-0.39, 0.29) is 12.5 Å². The van der Waals surface area contributed by atoms with Gasteiger partial charge in [-0.25, -0.2) is 0 Å². The van der Waals surface area contributed by atoms with E-state index in [9.17, 15) is 4.79 Å². The Labute approximate surface area is 134 Å². The normalized spacial score (nSPS) is 10.3. The molecule has 0 saturated carbocycles. The lowest BCUT2D eigenvalue weighted by Gasteiger charge is -2.11. The molecule has 2 rings (SSSR count). The van der Waals surface area contributed by atoms with E-state index in [0.717, 1.165) is 16.8 Å². The molecule has 0 saturated heterocycles. The summed E-state index contributed by atoms with van der Waals surface area (Å²) in [5.41, 5.74) is 3.63. The maximum absolute atomic E-state index is 12.0. The average molecular weight is 323 g/mol. The molecule has 0 aliphatic rings. The van der Waals surface area contributed by atoms with Crippen molar-refractivity contribution in [2.45, 2.75) is 13.8 Å². The Morgan fingerprint density at radius 2 is 1.81 bits per heavy atom. The summed E-state index contributed by atoms with van der Waals surface area (Å²) in [5.74, 6) is -0.130. The maximum atomic E-state index is 12.0. The number of carbonyl (C=O) groups is 1. The molecule has 0 aliphatic heterocycles. The zero-order valence-electron chi connectivity index (χ0n) is 11.8. The first-order valence-corrected chi connectivity index (χ1v) is 7.27. The Bertz CT molecular complexity index is 671. The van der Waals surface area contributed by atoms with E-state index < -0.39 is 0 Å². The summed E-state index contributed by atoms with van der Waals surface area (Å²) in [5, 5.41) is 6.92. The van der Waals surface area contributed by atoms with E-state index in [1.807, 2.05) is 32.0 Å². The van der Waals surface area contributed by atoms with Crippen LogP contribution in [-0.4, -0.2) is 12.5 Å². The fourth-order valence-corrected chi connectivity index (χ4v) is 2.35. The van der Waals surface area contributed by atoms with Gasteiger partial charge in [0.2, 0.25) is 5.91 Å². The Balaban J connectivity index is 1.97. The van der Waals surface area contributed by atoms with Crippen LogP contribution in [0.15, 0.2) is 36.4 Å². The number of nitrogens with one attached hydrogen (secondary N) is 2. The highest BCUT2D eigenvalue weighted by molar-refractivity contribution is 6.36. The molecule has 0 atom stereocenters. The Hall–Kier alpha value is -1.71. The molecule has 2 aromatic rings.